The minimum Gasteiger partial charge on any atom is -0.317 e. The van der Waals surface area contributed by atoms with Gasteiger partial charge in [-0.05, 0) is 38.6 Å². The maximum absolute atomic E-state index is 4.46. The molecule has 5 heteroatoms. The van der Waals surface area contributed by atoms with Gasteiger partial charge in [-0.3, -0.25) is 4.98 Å². The maximum Gasteiger partial charge on any atom is 0.166 e. The van der Waals surface area contributed by atoms with E-state index >= 15 is 0 Å². The third-order valence-electron chi connectivity index (χ3n) is 2.57. The molecule has 0 bridgehead atoms. The van der Waals surface area contributed by atoms with Gasteiger partial charge in [-0.1, -0.05) is 24.3 Å². The van der Waals surface area contributed by atoms with E-state index in [0.717, 1.165) is 47.3 Å². The van der Waals surface area contributed by atoms with Crippen LogP contribution in [0.2, 0.25) is 0 Å². The Morgan fingerprint density at radius 3 is 2.94 bits per heavy atom. The van der Waals surface area contributed by atoms with E-state index in [1.165, 1.54) is 0 Å². The molecule has 18 heavy (non-hydrogen) atoms. The average molecular weight is 262 g/mol. The number of hydrogen-bond donors (Lipinski definition) is 1. The van der Waals surface area contributed by atoms with Crippen molar-refractivity contribution in [2.24, 2.45) is 0 Å². The lowest BCUT2D eigenvalue weighted by atomic mass is 10.3. The van der Waals surface area contributed by atoms with Crippen molar-refractivity contribution in [2.45, 2.75) is 26.7 Å². The predicted molar refractivity (Wildman–Crippen MR) is 74.7 cm³/mol. The summed E-state index contributed by atoms with van der Waals surface area (Å²) in [6.45, 7) is 6.16. The molecule has 0 aliphatic heterocycles. The van der Waals surface area contributed by atoms with Crippen molar-refractivity contribution in [2.75, 3.05) is 13.1 Å². The molecule has 0 aliphatic rings. The van der Waals surface area contributed by atoms with Crippen LogP contribution in [0.5, 0.6) is 0 Å². The summed E-state index contributed by atoms with van der Waals surface area (Å²) >= 11 is 1.64. The average Bonchev–Trinajstić information content (AvgIpc) is 2.83. The van der Waals surface area contributed by atoms with Gasteiger partial charge < -0.3 is 5.32 Å². The van der Waals surface area contributed by atoms with Crippen molar-refractivity contribution in [3.05, 3.63) is 28.9 Å². The van der Waals surface area contributed by atoms with E-state index in [-0.39, 0.29) is 0 Å². The highest BCUT2D eigenvalue weighted by Crippen LogP contribution is 2.22. The molecule has 0 spiro atoms. The van der Waals surface area contributed by atoms with Crippen LogP contribution < -0.4 is 5.32 Å². The molecular weight excluding hydrogens is 244 g/mol. The van der Waals surface area contributed by atoms with Gasteiger partial charge in [0.05, 0.1) is 0 Å². The molecule has 0 aliphatic carbocycles. The summed E-state index contributed by atoms with van der Waals surface area (Å²) in [6, 6.07) is 5.97. The van der Waals surface area contributed by atoms with Gasteiger partial charge >= 0.3 is 0 Å². The fourth-order valence-corrected chi connectivity index (χ4v) is 2.51. The van der Waals surface area contributed by atoms with Crippen LogP contribution in [0.3, 0.4) is 0 Å². The summed E-state index contributed by atoms with van der Waals surface area (Å²) in [5.74, 6) is 0. The standard InChI is InChI=1S/C13H18N4S/c1-3-14-9-5-8-12-16-17-13(18-12)11-7-4-6-10(2)15-11/h4,6-7,14H,3,5,8-9H2,1-2H3. The van der Waals surface area contributed by atoms with Crippen LogP contribution in [0.1, 0.15) is 24.0 Å². The number of aromatic nitrogens is 3. The number of hydrogen-bond acceptors (Lipinski definition) is 5. The van der Waals surface area contributed by atoms with E-state index in [2.05, 4.69) is 27.4 Å². The highest BCUT2D eigenvalue weighted by atomic mass is 32.1. The summed E-state index contributed by atoms with van der Waals surface area (Å²) in [4.78, 5) is 4.46. The van der Waals surface area contributed by atoms with E-state index in [1.807, 2.05) is 25.1 Å². The molecule has 2 aromatic rings. The van der Waals surface area contributed by atoms with Crippen LogP contribution in [0.4, 0.5) is 0 Å². The number of pyridine rings is 1. The Balaban J connectivity index is 1.97. The molecule has 1 N–H and O–H groups in total. The molecule has 0 atom stereocenters. The normalized spacial score (nSPS) is 10.8. The minimum absolute atomic E-state index is 0.914. The third kappa shape index (κ3) is 3.58. The first-order valence-electron chi connectivity index (χ1n) is 6.26. The topological polar surface area (TPSA) is 50.7 Å². The molecule has 0 unspecified atom stereocenters. The lowest BCUT2D eigenvalue weighted by Gasteiger charge is -1.98. The Bertz CT molecular complexity index is 495. The Kier molecular flexibility index (Phi) is 4.78. The molecule has 0 aromatic carbocycles. The SMILES string of the molecule is CCNCCCc1nnc(-c2cccc(C)n2)s1. The lowest BCUT2D eigenvalue weighted by Crippen LogP contribution is -2.14. The maximum atomic E-state index is 4.46. The summed E-state index contributed by atoms with van der Waals surface area (Å²) < 4.78 is 0. The summed E-state index contributed by atoms with van der Waals surface area (Å²) in [6.07, 6.45) is 2.08. The second-order valence-corrected chi connectivity index (χ2v) is 5.18. The van der Waals surface area contributed by atoms with Crippen LogP contribution >= 0.6 is 11.3 Å². The van der Waals surface area contributed by atoms with Crippen LogP contribution in [0.15, 0.2) is 18.2 Å². The van der Waals surface area contributed by atoms with Gasteiger partial charge in [0.25, 0.3) is 0 Å². The van der Waals surface area contributed by atoms with E-state index < -0.39 is 0 Å². The van der Waals surface area contributed by atoms with E-state index in [9.17, 15) is 0 Å². The molecular formula is C13H18N4S. The van der Waals surface area contributed by atoms with E-state index in [0.29, 0.717) is 0 Å². The van der Waals surface area contributed by atoms with Gasteiger partial charge in [0.2, 0.25) is 0 Å². The minimum atomic E-state index is 0.914. The smallest absolute Gasteiger partial charge is 0.166 e. The van der Waals surface area contributed by atoms with Gasteiger partial charge in [0.15, 0.2) is 5.01 Å². The van der Waals surface area contributed by atoms with Crippen molar-refractivity contribution in [1.82, 2.24) is 20.5 Å². The van der Waals surface area contributed by atoms with E-state index in [4.69, 9.17) is 0 Å². The van der Waals surface area contributed by atoms with Gasteiger partial charge in [-0.25, -0.2) is 0 Å². The number of nitrogens with one attached hydrogen (secondary N) is 1. The quantitative estimate of drug-likeness (QED) is 0.812. The second-order valence-electron chi connectivity index (χ2n) is 4.12. The molecule has 2 heterocycles. The molecule has 0 amide bonds. The third-order valence-corrected chi connectivity index (χ3v) is 3.57. The molecule has 4 nitrogen and oxygen atoms in total. The summed E-state index contributed by atoms with van der Waals surface area (Å²) in [5, 5.41) is 13.7. The number of nitrogens with zero attached hydrogens (tertiary/aromatic N) is 3. The van der Waals surface area contributed by atoms with Crippen molar-refractivity contribution in [3.8, 4) is 10.7 Å². The van der Waals surface area contributed by atoms with Crippen LogP contribution in [-0.2, 0) is 6.42 Å². The lowest BCUT2D eigenvalue weighted by molar-refractivity contribution is 0.669. The zero-order valence-corrected chi connectivity index (χ0v) is 11.6. The molecule has 0 radical (unpaired) electrons. The second kappa shape index (κ2) is 6.56. The monoisotopic (exact) mass is 262 g/mol. The molecule has 0 fully saturated rings. The first-order valence-corrected chi connectivity index (χ1v) is 7.08. The first-order chi connectivity index (χ1) is 8.79. The highest BCUT2D eigenvalue weighted by Gasteiger charge is 2.07. The Morgan fingerprint density at radius 2 is 2.17 bits per heavy atom. The molecule has 96 valence electrons. The van der Waals surface area contributed by atoms with Crippen molar-refractivity contribution in [3.63, 3.8) is 0 Å². The zero-order valence-electron chi connectivity index (χ0n) is 10.8. The van der Waals surface area contributed by atoms with Crippen LogP contribution in [-0.4, -0.2) is 28.3 Å². The molecule has 2 rings (SSSR count). The molecule has 0 saturated heterocycles. The fourth-order valence-electron chi connectivity index (χ4n) is 1.66. The largest absolute Gasteiger partial charge is 0.317 e. The number of aryl methyl sites for hydroxylation is 2. The Hall–Kier alpha value is -1.33. The van der Waals surface area contributed by atoms with Gasteiger partial charge in [-0.2, -0.15) is 0 Å². The van der Waals surface area contributed by atoms with Crippen molar-refractivity contribution < 1.29 is 0 Å². The highest BCUT2D eigenvalue weighted by molar-refractivity contribution is 7.14. The zero-order chi connectivity index (χ0) is 12.8. The molecule has 2 aromatic heterocycles. The Morgan fingerprint density at radius 1 is 1.28 bits per heavy atom. The van der Waals surface area contributed by atoms with Crippen LogP contribution in [0, 0.1) is 6.92 Å². The summed E-state index contributed by atoms with van der Waals surface area (Å²) in [5.41, 5.74) is 1.93. The number of rotatable bonds is 6. The van der Waals surface area contributed by atoms with E-state index in [1.54, 1.807) is 11.3 Å². The first kappa shape index (κ1) is 13.1. The van der Waals surface area contributed by atoms with Gasteiger partial charge in [0, 0.05) is 12.1 Å². The Labute approximate surface area is 111 Å². The van der Waals surface area contributed by atoms with Gasteiger partial charge in [-0.15, -0.1) is 10.2 Å². The van der Waals surface area contributed by atoms with Crippen molar-refractivity contribution >= 4 is 11.3 Å². The van der Waals surface area contributed by atoms with Gasteiger partial charge in [0.1, 0.15) is 10.7 Å². The summed E-state index contributed by atoms with van der Waals surface area (Å²) in [7, 11) is 0. The van der Waals surface area contributed by atoms with Crippen LogP contribution in [0.25, 0.3) is 10.7 Å². The fraction of sp³-hybridized carbons (Fsp3) is 0.462. The predicted octanol–water partition coefficient (Wildman–Crippen LogP) is 2.45. The van der Waals surface area contributed by atoms with Crippen molar-refractivity contribution in [1.29, 1.82) is 0 Å². The molecule has 0 saturated carbocycles.